The second-order valence-electron chi connectivity index (χ2n) is 3.35. The predicted molar refractivity (Wildman–Crippen MR) is 50.6 cm³/mol. The van der Waals surface area contributed by atoms with Gasteiger partial charge in [0.1, 0.15) is 5.60 Å². The SMILES string of the molecule is O[C@@]1(c2cncc(Cl)c2)CCNC1. The van der Waals surface area contributed by atoms with Crippen LogP contribution in [0, 0.1) is 0 Å². The second kappa shape index (κ2) is 3.25. The van der Waals surface area contributed by atoms with E-state index in [2.05, 4.69) is 10.3 Å². The molecule has 1 aromatic rings. The lowest BCUT2D eigenvalue weighted by Gasteiger charge is -2.21. The molecule has 0 amide bonds. The number of pyridine rings is 1. The quantitative estimate of drug-likeness (QED) is 0.706. The van der Waals surface area contributed by atoms with E-state index in [1.54, 1.807) is 18.5 Å². The fourth-order valence-corrected chi connectivity index (χ4v) is 1.77. The third-order valence-corrected chi connectivity index (χ3v) is 2.58. The first-order valence-corrected chi connectivity index (χ1v) is 4.63. The zero-order chi connectivity index (χ0) is 9.31. The van der Waals surface area contributed by atoms with Crippen LogP contribution < -0.4 is 5.32 Å². The van der Waals surface area contributed by atoms with Crippen molar-refractivity contribution < 1.29 is 5.11 Å². The molecule has 2 rings (SSSR count). The Labute approximate surface area is 81.8 Å². The van der Waals surface area contributed by atoms with Gasteiger partial charge in [0.05, 0.1) is 5.02 Å². The molecule has 2 heterocycles. The topological polar surface area (TPSA) is 45.2 Å². The first-order valence-electron chi connectivity index (χ1n) is 4.25. The number of hydrogen-bond donors (Lipinski definition) is 2. The van der Waals surface area contributed by atoms with Crippen LogP contribution in [0.5, 0.6) is 0 Å². The van der Waals surface area contributed by atoms with Crippen molar-refractivity contribution >= 4 is 11.6 Å². The summed E-state index contributed by atoms with van der Waals surface area (Å²) in [6.45, 7) is 1.41. The summed E-state index contributed by atoms with van der Waals surface area (Å²) in [5.41, 5.74) is 0.0164. The number of aromatic nitrogens is 1. The first-order chi connectivity index (χ1) is 6.21. The molecule has 0 radical (unpaired) electrons. The number of aliphatic hydroxyl groups is 1. The molecule has 0 aromatic carbocycles. The summed E-state index contributed by atoms with van der Waals surface area (Å²) in [6, 6.07) is 1.77. The van der Waals surface area contributed by atoms with E-state index in [1.807, 2.05) is 0 Å². The van der Waals surface area contributed by atoms with Gasteiger partial charge in [-0.3, -0.25) is 4.98 Å². The van der Waals surface area contributed by atoms with E-state index in [0.717, 1.165) is 18.5 Å². The van der Waals surface area contributed by atoms with Gasteiger partial charge in [-0.15, -0.1) is 0 Å². The summed E-state index contributed by atoms with van der Waals surface area (Å²) >= 11 is 5.79. The van der Waals surface area contributed by atoms with Crippen molar-refractivity contribution in [2.24, 2.45) is 0 Å². The van der Waals surface area contributed by atoms with E-state index in [0.29, 0.717) is 11.6 Å². The molecule has 1 saturated heterocycles. The molecule has 2 N–H and O–H groups in total. The molecule has 1 aliphatic heterocycles. The standard InChI is InChI=1S/C9H11ClN2O/c10-8-3-7(4-12-5-8)9(13)1-2-11-6-9/h3-5,11,13H,1-2,6H2/t9-/m0/s1. The molecule has 13 heavy (non-hydrogen) atoms. The molecular weight excluding hydrogens is 188 g/mol. The molecule has 0 unspecified atom stereocenters. The molecule has 0 bridgehead atoms. The predicted octanol–water partition coefficient (Wildman–Crippen LogP) is 0.916. The zero-order valence-electron chi connectivity index (χ0n) is 7.13. The van der Waals surface area contributed by atoms with Crippen LogP contribution in [0.3, 0.4) is 0 Å². The van der Waals surface area contributed by atoms with Crippen LogP contribution in [-0.4, -0.2) is 23.2 Å². The Morgan fingerprint density at radius 3 is 3.00 bits per heavy atom. The lowest BCUT2D eigenvalue weighted by Crippen LogP contribution is -2.28. The molecule has 1 fully saturated rings. The van der Waals surface area contributed by atoms with Gasteiger partial charge in [-0.2, -0.15) is 0 Å². The van der Waals surface area contributed by atoms with E-state index in [-0.39, 0.29) is 0 Å². The van der Waals surface area contributed by atoms with Gasteiger partial charge < -0.3 is 10.4 Å². The number of nitrogens with zero attached hydrogens (tertiary/aromatic N) is 1. The number of nitrogens with one attached hydrogen (secondary N) is 1. The van der Waals surface area contributed by atoms with Gasteiger partial charge in [0, 0.05) is 24.5 Å². The van der Waals surface area contributed by atoms with Crippen molar-refractivity contribution in [1.29, 1.82) is 0 Å². The molecular formula is C9H11ClN2O. The van der Waals surface area contributed by atoms with Crippen molar-refractivity contribution in [3.05, 3.63) is 29.0 Å². The van der Waals surface area contributed by atoms with Crippen LogP contribution in [0.25, 0.3) is 0 Å². The maximum atomic E-state index is 10.1. The molecule has 1 aliphatic rings. The van der Waals surface area contributed by atoms with E-state index in [4.69, 9.17) is 11.6 Å². The molecule has 0 aliphatic carbocycles. The van der Waals surface area contributed by atoms with Crippen LogP contribution in [0.15, 0.2) is 18.5 Å². The van der Waals surface area contributed by atoms with E-state index < -0.39 is 5.60 Å². The highest BCUT2D eigenvalue weighted by atomic mass is 35.5. The number of rotatable bonds is 1. The summed E-state index contributed by atoms with van der Waals surface area (Å²) in [6.07, 6.45) is 3.95. The van der Waals surface area contributed by atoms with E-state index >= 15 is 0 Å². The van der Waals surface area contributed by atoms with Gasteiger partial charge in [0.25, 0.3) is 0 Å². The van der Waals surface area contributed by atoms with Crippen molar-refractivity contribution in [3.63, 3.8) is 0 Å². The second-order valence-corrected chi connectivity index (χ2v) is 3.79. The highest BCUT2D eigenvalue weighted by Gasteiger charge is 2.33. The van der Waals surface area contributed by atoms with Crippen LogP contribution in [0.2, 0.25) is 5.02 Å². The summed E-state index contributed by atoms with van der Waals surface area (Å²) in [5.74, 6) is 0. The maximum Gasteiger partial charge on any atom is 0.105 e. The lowest BCUT2D eigenvalue weighted by atomic mass is 9.95. The van der Waals surface area contributed by atoms with Crippen LogP contribution in [0.4, 0.5) is 0 Å². The van der Waals surface area contributed by atoms with E-state index in [1.165, 1.54) is 0 Å². The fraction of sp³-hybridized carbons (Fsp3) is 0.444. The Hall–Kier alpha value is -0.640. The Bertz CT molecular complexity index is 310. The first kappa shape index (κ1) is 8.94. The van der Waals surface area contributed by atoms with Gasteiger partial charge in [-0.1, -0.05) is 11.6 Å². The third-order valence-electron chi connectivity index (χ3n) is 2.38. The minimum absolute atomic E-state index is 0.567. The van der Waals surface area contributed by atoms with Crippen molar-refractivity contribution in [3.8, 4) is 0 Å². The normalized spacial score (nSPS) is 27.8. The molecule has 0 spiro atoms. The minimum Gasteiger partial charge on any atom is -0.384 e. The fourth-order valence-electron chi connectivity index (χ4n) is 1.59. The maximum absolute atomic E-state index is 10.1. The average molecular weight is 199 g/mol. The highest BCUT2D eigenvalue weighted by Crippen LogP contribution is 2.28. The van der Waals surface area contributed by atoms with Crippen molar-refractivity contribution in [2.45, 2.75) is 12.0 Å². The Morgan fingerprint density at radius 1 is 1.54 bits per heavy atom. The number of halogens is 1. The van der Waals surface area contributed by atoms with Gasteiger partial charge in [-0.25, -0.2) is 0 Å². The summed E-state index contributed by atoms with van der Waals surface area (Å²) in [4.78, 5) is 3.95. The van der Waals surface area contributed by atoms with Crippen LogP contribution in [0.1, 0.15) is 12.0 Å². The summed E-state index contributed by atoms with van der Waals surface area (Å²) in [5, 5.41) is 13.8. The van der Waals surface area contributed by atoms with Gasteiger partial charge >= 0.3 is 0 Å². The van der Waals surface area contributed by atoms with Crippen molar-refractivity contribution in [1.82, 2.24) is 10.3 Å². The van der Waals surface area contributed by atoms with Crippen molar-refractivity contribution in [2.75, 3.05) is 13.1 Å². The number of hydrogen-bond acceptors (Lipinski definition) is 3. The zero-order valence-corrected chi connectivity index (χ0v) is 7.88. The molecule has 70 valence electrons. The Kier molecular flexibility index (Phi) is 2.24. The molecule has 3 nitrogen and oxygen atoms in total. The Morgan fingerprint density at radius 2 is 2.38 bits per heavy atom. The average Bonchev–Trinajstić information content (AvgIpc) is 2.54. The highest BCUT2D eigenvalue weighted by molar-refractivity contribution is 6.30. The number of β-amino-alcohol motifs (C(OH)–C–C–N with tert-alkyl or cyclic N) is 1. The molecule has 0 saturated carbocycles. The monoisotopic (exact) mass is 198 g/mol. The van der Waals surface area contributed by atoms with Gasteiger partial charge in [0.2, 0.25) is 0 Å². The lowest BCUT2D eigenvalue weighted by molar-refractivity contribution is 0.0584. The smallest absolute Gasteiger partial charge is 0.105 e. The summed E-state index contributed by atoms with van der Waals surface area (Å²) in [7, 11) is 0. The summed E-state index contributed by atoms with van der Waals surface area (Å²) < 4.78 is 0. The van der Waals surface area contributed by atoms with Crippen LogP contribution in [-0.2, 0) is 5.60 Å². The Balaban J connectivity index is 2.33. The largest absolute Gasteiger partial charge is 0.384 e. The molecule has 1 aromatic heterocycles. The molecule has 4 heteroatoms. The van der Waals surface area contributed by atoms with Gasteiger partial charge in [0.15, 0.2) is 0 Å². The third kappa shape index (κ3) is 1.68. The van der Waals surface area contributed by atoms with Crippen LogP contribution >= 0.6 is 11.6 Å². The van der Waals surface area contributed by atoms with E-state index in [9.17, 15) is 5.11 Å². The molecule has 1 atom stereocenters. The minimum atomic E-state index is -0.780. The van der Waals surface area contributed by atoms with Gasteiger partial charge in [-0.05, 0) is 19.0 Å².